The Bertz CT molecular complexity index is 865. The monoisotopic (exact) mass is 319 g/mol. The number of nitriles is 1. The van der Waals surface area contributed by atoms with Crippen LogP contribution >= 0.6 is 11.3 Å². The van der Waals surface area contributed by atoms with Crippen LogP contribution in [0.3, 0.4) is 0 Å². The Hall–Kier alpha value is -2.97. The van der Waals surface area contributed by atoms with E-state index in [2.05, 4.69) is 22.4 Å². The molecule has 4 nitrogen and oxygen atoms in total. The van der Waals surface area contributed by atoms with Crippen molar-refractivity contribution in [1.82, 2.24) is 4.98 Å². The Morgan fingerprint density at radius 1 is 1.17 bits per heavy atom. The third-order valence-corrected chi connectivity index (χ3v) is 4.16. The fraction of sp³-hybridized carbons (Fsp3) is 0.0556. The Morgan fingerprint density at radius 3 is 2.78 bits per heavy atom. The molecule has 23 heavy (non-hydrogen) atoms. The minimum Gasteiger partial charge on any atom is -0.298 e. The van der Waals surface area contributed by atoms with E-state index in [0.717, 1.165) is 11.3 Å². The van der Waals surface area contributed by atoms with Gasteiger partial charge in [-0.2, -0.15) is 5.26 Å². The summed E-state index contributed by atoms with van der Waals surface area (Å²) in [5, 5.41) is 12.2. The maximum atomic E-state index is 12.2. The molecule has 0 radical (unpaired) electrons. The van der Waals surface area contributed by atoms with Crippen LogP contribution in [0.4, 0.5) is 5.13 Å². The van der Waals surface area contributed by atoms with Gasteiger partial charge in [-0.25, -0.2) is 4.98 Å². The molecule has 1 aromatic heterocycles. The summed E-state index contributed by atoms with van der Waals surface area (Å²) in [6.45, 7) is 0. The molecular weight excluding hydrogens is 306 g/mol. The summed E-state index contributed by atoms with van der Waals surface area (Å²) >= 11 is 1.45. The van der Waals surface area contributed by atoms with Gasteiger partial charge in [-0.15, -0.1) is 11.3 Å². The number of hydrogen-bond acceptors (Lipinski definition) is 4. The van der Waals surface area contributed by atoms with E-state index in [4.69, 9.17) is 5.26 Å². The number of carbonyl (C=O) groups is 1. The lowest BCUT2D eigenvalue weighted by Gasteiger charge is -2.01. The molecule has 5 heteroatoms. The molecule has 0 aliphatic carbocycles. The summed E-state index contributed by atoms with van der Waals surface area (Å²) in [5.41, 5.74) is 2.11. The first-order chi connectivity index (χ1) is 11.2. The molecule has 0 saturated carbocycles. The highest BCUT2D eigenvalue weighted by molar-refractivity contribution is 7.15. The number of carbonyl (C=O) groups excluding carboxylic acids is 1. The number of anilines is 1. The molecule has 0 fully saturated rings. The largest absolute Gasteiger partial charge is 0.298 e. The zero-order chi connectivity index (χ0) is 16.1. The van der Waals surface area contributed by atoms with E-state index in [0.29, 0.717) is 16.3 Å². The standard InChI is InChI=1S/C18H13N3OS/c19-11-14-7-4-8-15(9-14)17(22)21-18-20-12-16(23-18)10-13-5-2-1-3-6-13/h1-9,12H,10H2,(H,20,21,22). The van der Waals surface area contributed by atoms with E-state index in [1.54, 1.807) is 30.5 Å². The molecule has 3 aromatic rings. The number of nitrogens with zero attached hydrogens (tertiary/aromatic N) is 2. The molecule has 0 spiro atoms. The molecule has 0 saturated heterocycles. The van der Waals surface area contributed by atoms with Gasteiger partial charge in [0.15, 0.2) is 5.13 Å². The molecule has 0 unspecified atom stereocenters. The van der Waals surface area contributed by atoms with Gasteiger partial charge in [0.2, 0.25) is 0 Å². The van der Waals surface area contributed by atoms with Crippen LogP contribution in [0, 0.1) is 11.3 Å². The molecule has 2 aromatic carbocycles. The number of hydrogen-bond donors (Lipinski definition) is 1. The third kappa shape index (κ3) is 3.82. The smallest absolute Gasteiger partial charge is 0.257 e. The number of amides is 1. The molecule has 3 rings (SSSR count). The second-order valence-corrected chi connectivity index (χ2v) is 6.06. The van der Waals surface area contributed by atoms with Gasteiger partial charge < -0.3 is 0 Å². The number of nitrogens with one attached hydrogen (secondary N) is 1. The van der Waals surface area contributed by atoms with E-state index in [1.165, 1.54) is 16.9 Å². The molecule has 0 aliphatic rings. The Kier molecular flexibility index (Phi) is 4.46. The summed E-state index contributed by atoms with van der Waals surface area (Å²) in [5.74, 6) is -0.261. The van der Waals surface area contributed by atoms with Gasteiger partial charge in [0, 0.05) is 23.1 Å². The second kappa shape index (κ2) is 6.86. The van der Waals surface area contributed by atoms with Crippen molar-refractivity contribution in [2.75, 3.05) is 5.32 Å². The van der Waals surface area contributed by atoms with Gasteiger partial charge in [0.05, 0.1) is 11.6 Å². The van der Waals surface area contributed by atoms with Gasteiger partial charge >= 0.3 is 0 Å². The van der Waals surface area contributed by atoms with Crippen LogP contribution in [0.5, 0.6) is 0 Å². The van der Waals surface area contributed by atoms with Crippen molar-refractivity contribution in [2.24, 2.45) is 0 Å². The van der Waals surface area contributed by atoms with E-state index < -0.39 is 0 Å². The summed E-state index contributed by atoms with van der Waals surface area (Å²) in [4.78, 5) is 17.5. The summed E-state index contributed by atoms with van der Waals surface area (Å²) < 4.78 is 0. The first-order valence-corrected chi connectivity index (χ1v) is 7.86. The van der Waals surface area contributed by atoms with Crippen molar-refractivity contribution >= 4 is 22.4 Å². The van der Waals surface area contributed by atoms with E-state index in [9.17, 15) is 4.79 Å². The van der Waals surface area contributed by atoms with E-state index in [1.807, 2.05) is 24.3 Å². The summed E-state index contributed by atoms with van der Waals surface area (Å²) in [6.07, 6.45) is 2.57. The number of benzene rings is 2. The van der Waals surface area contributed by atoms with Gasteiger partial charge in [-0.1, -0.05) is 36.4 Å². The second-order valence-electron chi connectivity index (χ2n) is 4.94. The molecular formula is C18H13N3OS. The van der Waals surface area contributed by atoms with Crippen LogP contribution in [0.15, 0.2) is 60.8 Å². The van der Waals surface area contributed by atoms with Crippen molar-refractivity contribution in [1.29, 1.82) is 5.26 Å². The summed E-state index contributed by atoms with van der Waals surface area (Å²) in [7, 11) is 0. The zero-order valence-corrected chi connectivity index (χ0v) is 13.0. The highest BCUT2D eigenvalue weighted by Gasteiger charge is 2.10. The van der Waals surface area contributed by atoms with Crippen molar-refractivity contribution in [3.05, 3.63) is 82.4 Å². The van der Waals surface area contributed by atoms with Gasteiger partial charge in [0.1, 0.15) is 0 Å². The van der Waals surface area contributed by atoms with Crippen LogP contribution in [0.2, 0.25) is 0 Å². The first-order valence-electron chi connectivity index (χ1n) is 7.05. The van der Waals surface area contributed by atoms with Crippen LogP contribution in [0.25, 0.3) is 0 Å². The van der Waals surface area contributed by atoms with Gasteiger partial charge in [-0.3, -0.25) is 10.1 Å². The zero-order valence-electron chi connectivity index (χ0n) is 12.2. The number of aromatic nitrogens is 1. The first kappa shape index (κ1) is 14.9. The summed E-state index contributed by atoms with van der Waals surface area (Å²) in [6, 6.07) is 18.7. The van der Waals surface area contributed by atoms with E-state index >= 15 is 0 Å². The molecule has 1 amide bonds. The molecule has 0 aliphatic heterocycles. The number of rotatable bonds is 4. The minimum absolute atomic E-state index is 0.261. The predicted molar refractivity (Wildman–Crippen MR) is 90.5 cm³/mol. The van der Waals surface area contributed by atoms with Crippen molar-refractivity contribution in [2.45, 2.75) is 6.42 Å². The fourth-order valence-electron chi connectivity index (χ4n) is 2.14. The maximum absolute atomic E-state index is 12.2. The average molecular weight is 319 g/mol. The van der Waals surface area contributed by atoms with Crippen LogP contribution < -0.4 is 5.32 Å². The Balaban J connectivity index is 1.69. The molecule has 0 bridgehead atoms. The van der Waals surface area contributed by atoms with E-state index in [-0.39, 0.29) is 5.91 Å². The fourth-order valence-corrected chi connectivity index (χ4v) is 2.99. The lowest BCUT2D eigenvalue weighted by atomic mass is 10.1. The van der Waals surface area contributed by atoms with Crippen molar-refractivity contribution < 1.29 is 4.79 Å². The van der Waals surface area contributed by atoms with Gasteiger partial charge in [-0.05, 0) is 23.8 Å². The van der Waals surface area contributed by atoms with Crippen LogP contribution in [0.1, 0.15) is 26.4 Å². The minimum atomic E-state index is -0.261. The van der Waals surface area contributed by atoms with Gasteiger partial charge in [0.25, 0.3) is 5.91 Å². The average Bonchev–Trinajstić information content (AvgIpc) is 3.02. The molecule has 112 valence electrons. The quantitative estimate of drug-likeness (QED) is 0.794. The van der Waals surface area contributed by atoms with Crippen molar-refractivity contribution in [3.8, 4) is 6.07 Å². The maximum Gasteiger partial charge on any atom is 0.257 e. The SMILES string of the molecule is N#Cc1cccc(C(=O)Nc2ncc(Cc3ccccc3)s2)c1. The highest BCUT2D eigenvalue weighted by atomic mass is 32.1. The highest BCUT2D eigenvalue weighted by Crippen LogP contribution is 2.21. The third-order valence-electron chi connectivity index (χ3n) is 3.25. The lowest BCUT2D eigenvalue weighted by molar-refractivity contribution is 0.102. The topological polar surface area (TPSA) is 65.8 Å². The Morgan fingerprint density at radius 2 is 2.00 bits per heavy atom. The predicted octanol–water partition coefficient (Wildman–Crippen LogP) is 3.86. The number of thiazole rings is 1. The lowest BCUT2D eigenvalue weighted by Crippen LogP contribution is -2.11. The molecule has 1 N–H and O–H groups in total. The molecule has 0 atom stereocenters. The van der Waals surface area contributed by atoms with Crippen LogP contribution in [-0.2, 0) is 6.42 Å². The normalized spacial score (nSPS) is 10.0. The molecule has 1 heterocycles. The Labute approximate surface area is 138 Å². The van der Waals surface area contributed by atoms with Crippen LogP contribution in [-0.4, -0.2) is 10.9 Å². The van der Waals surface area contributed by atoms with Crippen molar-refractivity contribution in [3.63, 3.8) is 0 Å².